The smallest absolute Gasteiger partial charge is 0.303 e. The average molecular weight is 1200 g/mol. The first kappa shape index (κ1) is 62.2. The van der Waals surface area contributed by atoms with Gasteiger partial charge in [0.15, 0.2) is 0 Å². The highest BCUT2D eigenvalue weighted by molar-refractivity contribution is 7.99. The van der Waals surface area contributed by atoms with Crippen LogP contribution in [0.3, 0.4) is 0 Å². The number of piperidine rings is 2. The molecule has 0 spiro atoms. The Balaban J connectivity index is 1.11. The van der Waals surface area contributed by atoms with Crippen molar-refractivity contribution in [1.82, 2.24) is 37.7 Å². The van der Waals surface area contributed by atoms with E-state index in [4.69, 9.17) is 0 Å². The number of nitrogens with one attached hydrogen (secondary N) is 2. The molecular weight excluding hydrogens is 1120 g/mol. The lowest BCUT2D eigenvalue weighted by atomic mass is 9.89. The first-order valence-electron chi connectivity index (χ1n) is 27.9. The molecule has 4 aromatic carbocycles. The molecule has 444 valence electrons. The topological polar surface area (TPSA) is 266 Å². The predicted octanol–water partition coefficient (Wildman–Crippen LogP) is 6.96. The van der Waals surface area contributed by atoms with Gasteiger partial charge in [-0.25, -0.2) is 9.44 Å². The van der Waals surface area contributed by atoms with Crippen molar-refractivity contribution in [2.24, 2.45) is 11.8 Å². The van der Waals surface area contributed by atoms with E-state index in [-0.39, 0.29) is 96.5 Å². The lowest BCUT2D eigenvalue weighted by Crippen LogP contribution is -2.54. The average Bonchev–Trinajstić information content (AvgIpc) is 3.52. The maximum absolute atomic E-state index is 14.0. The number of nitro groups is 2. The molecule has 0 saturated carbocycles. The number of carbonyl (C=O) groups is 4. The Morgan fingerprint density at radius 3 is 1.27 bits per heavy atom. The molecule has 4 saturated heterocycles. The van der Waals surface area contributed by atoms with E-state index in [0.717, 1.165) is 22.9 Å². The molecule has 0 bridgehead atoms. The van der Waals surface area contributed by atoms with Gasteiger partial charge in [-0.05, 0) is 109 Å². The van der Waals surface area contributed by atoms with Gasteiger partial charge in [0.2, 0.25) is 23.6 Å². The standard InChI is InChI=1S/C58H72N10O12S3/c1-39(2)45-15-7-9-17-47(45)53-41(21-25-51(69)63-27-11-13-43(37-63)57(71)59-82(77,78)65-33-29-61(5)30-34-65)19-23-49(55(53)67(73)74)81-50-24-20-42(54(56(50)68(75)76)48-18-10-8-16-46(48)40(3)4)22-26-52(70)64-28-12-14-44(38-64)58(72)60-83(79,80)66-35-31-62(6)32-36-66/h7-10,15-26,39-40,43-44H,11-14,27-38H2,1-6H3,(H,59,71)(H,60,72)/b25-21+,26-22+. The van der Waals surface area contributed by atoms with E-state index in [2.05, 4.69) is 9.44 Å². The van der Waals surface area contributed by atoms with E-state index in [1.54, 1.807) is 36.4 Å². The largest absolute Gasteiger partial charge is 0.338 e. The summed E-state index contributed by atoms with van der Waals surface area (Å²) in [4.78, 5) is 88.1. The Morgan fingerprint density at radius 1 is 0.554 bits per heavy atom. The van der Waals surface area contributed by atoms with Gasteiger partial charge >= 0.3 is 20.4 Å². The third-order valence-corrected chi connectivity index (χ3v) is 19.8. The second kappa shape index (κ2) is 26.8. The van der Waals surface area contributed by atoms with Gasteiger partial charge in [0.05, 0.1) is 42.6 Å². The molecule has 0 aliphatic carbocycles. The summed E-state index contributed by atoms with van der Waals surface area (Å²) in [6.07, 6.45) is 7.08. The second-order valence-corrected chi connectivity index (χ2v) is 26.5. The Bertz CT molecular complexity index is 3210. The molecule has 22 nitrogen and oxygen atoms in total. The van der Waals surface area contributed by atoms with E-state index in [1.807, 2.05) is 75.9 Å². The highest BCUT2D eigenvalue weighted by atomic mass is 32.2. The zero-order chi connectivity index (χ0) is 59.9. The molecule has 4 fully saturated rings. The Kier molecular flexibility index (Phi) is 20.1. The molecule has 4 aliphatic heterocycles. The summed E-state index contributed by atoms with van der Waals surface area (Å²) >= 11 is 0.833. The number of likely N-dealkylation sites (tertiary alicyclic amines) is 2. The number of rotatable bonds is 18. The summed E-state index contributed by atoms with van der Waals surface area (Å²) in [7, 11) is -4.44. The third-order valence-electron chi connectivity index (χ3n) is 15.7. The minimum absolute atomic E-state index is 0.0497. The first-order valence-corrected chi connectivity index (χ1v) is 31.6. The van der Waals surface area contributed by atoms with Crippen molar-refractivity contribution in [2.75, 3.05) is 92.6 Å². The van der Waals surface area contributed by atoms with Crippen LogP contribution in [0.15, 0.2) is 94.7 Å². The van der Waals surface area contributed by atoms with Gasteiger partial charge in [0.25, 0.3) is 11.4 Å². The van der Waals surface area contributed by atoms with Crippen LogP contribution < -0.4 is 9.44 Å². The van der Waals surface area contributed by atoms with Crippen LogP contribution in [0.5, 0.6) is 0 Å². The lowest BCUT2D eigenvalue weighted by Gasteiger charge is -2.33. The van der Waals surface area contributed by atoms with Gasteiger partial charge < -0.3 is 19.6 Å². The molecule has 0 aromatic heterocycles. The van der Waals surface area contributed by atoms with Crippen LogP contribution in [0.1, 0.15) is 87.5 Å². The molecule has 4 aromatic rings. The minimum atomic E-state index is -4.10. The van der Waals surface area contributed by atoms with Crippen molar-refractivity contribution >= 4 is 79.3 Å². The van der Waals surface area contributed by atoms with Gasteiger partial charge in [0, 0.05) is 90.7 Å². The van der Waals surface area contributed by atoms with E-state index in [9.17, 15) is 56.2 Å². The Labute approximate surface area is 489 Å². The molecule has 4 amide bonds. The Morgan fingerprint density at radius 2 is 0.916 bits per heavy atom. The van der Waals surface area contributed by atoms with Gasteiger partial charge in [-0.1, -0.05) is 100 Å². The molecule has 2 unspecified atom stereocenters. The van der Waals surface area contributed by atoms with E-state index in [0.29, 0.717) is 74.1 Å². The number of nitrogens with zero attached hydrogens (tertiary/aromatic N) is 8. The van der Waals surface area contributed by atoms with Gasteiger partial charge in [-0.3, -0.25) is 39.4 Å². The van der Waals surface area contributed by atoms with Crippen LogP contribution in [0.2, 0.25) is 0 Å². The molecule has 2 atom stereocenters. The zero-order valence-corrected chi connectivity index (χ0v) is 50.0. The fourth-order valence-corrected chi connectivity index (χ4v) is 14.5. The van der Waals surface area contributed by atoms with Crippen LogP contribution in [-0.4, -0.2) is 171 Å². The van der Waals surface area contributed by atoms with Crippen molar-refractivity contribution in [1.29, 1.82) is 0 Å². The summed E-state index contributed by atoms with van der Waals surface area (Å²) in [6.45, 7) is 11.2. The molecule has 0 radical (unpaired) electrons. The summed E-state index contributed by atoms with van der Waals surface area (Å²) in [6, 6.07) is 20.6. The maximum Gasteiger partial charge on any atom is 0.303 e. The predicted molar refractivity (Wildman–Crippen MR) is 318 cm³/mol. The number of hydrogen-bond acceptors (Lipinski definition) is 15. The van der Waals surface area contributed by atoms with Crippen LogP contribution in [0.4, 0.5) is 11.4 Å². The highest BCUT2D eigenvalue weighted by Gasteiger charge is 2.37. The first-order chi connectivity index (χ1) is 39.4. The summed E-state index contributed by atoms with van der Waals surface area (Å²) in [5.41, 5.74) is 2.72. The van der Waals surface area contributed by atoms with Crippen molar-refractivity contribution in [3.63, 3.8) is 0 Å². The maximum atomic E-state index is 14.0. The molecule has 25 heteroatoms. The van der Waals surface area contributed by atoms with Gasteiger partial charge in [0.1, 0.15) is 0 Å². The number of likely N-dealkylation sites (N-methyl/N-ethyl adjacent to an activating group) is 2. The molecule has 4 heterocycles. The number of benzene rings is 4. The van der Waals surface area contributed by atoms with Crippen molar-refractivity contribution in [3.8, 4) is 22.3 Å². The Hall–Kier alpha value is -6.87. The molecule has 4 aliphatic rings. The number of hydrogen-bond donors (Lipinski definition) is 2. The molecule has 83 heavy (non-hydrogen) atoms. The SMILES string of the molecule is CC(C)c1ccccc1-c1c(/C=C/C(=O)N2CCCC(C(=O)NS(=O)(=O)N3CCN(C)CC3)C2)ccc(Sc2ccc(/C=C/C(=O)N3CCCC(C(=O)NS(=O)(=O)N4CCN(C)CC4)C3)c(-c3ccccc3C(C)C)c2[N+](=O)[O-])c1[N+](=O)[O-]. The number of amides is 4. The quantitative estimate of drug-likeness (QED) is 0.0580. The minimum Gasteiger partial charge on any atom is -0.338 e. The van der Waals surface area contributed by atoms with Crippen LogP contribution in [0, 0.1) is 32.1 Å². The van der Waals surface area contributed by atoms with Crippen LogP contribution in [-0.2, 0) is 39.6 Å². The summed E-state index contributed by atoms with van der Waals surface area (Å²) in [5, 5.41) is 27.3. The number of piperazine rings is 2. The highest BCUT2D eigenvalue weighted by Crippen LogP contribution is 2.50. The lowest BCUT2D eigenvalue weighted by molar-refractivity contribution is -0.387. The van der Waals surface area contributed by atoms with Gasteiger partial charge in [-0.2, -0.15) is 25.4 Å². The van der Waals surface area contributed by atoms with Crippen LogP contribution in [0.25, 0.3) is 34.4 Å². The van der Waals surface area contributed by atoms with Crippen molar-refractivity contribution in [2.45, 2.75) is 75.0 Å². The van der Waals surface area contributed by atoms with Crippen molar-refractivity contribution in [3.05, 3.63) is 127 Å². The molecule has 8 rings (SSSR count). The number of nitro benzene ring substituents is 2. The summed E-state index contributed by atoms with van der Waals surface area (Å²) < 4.78 is 59.5. The van der Waals surface area contributed by atoms with E-state index >= 15 is 0 Å². The summed E-state index contributed by atoms with van der Waals surface area (Å²) in [5.74, 6) is -4.25. The van der Waals surface area contributed by atoms with Crippen molar-refractivity contribution < 1.29 is 45.9 Å². The third kappa shape index (κ3) is 14.7. The van der Waals surface area contributed by atoms with Gasteiger partial charge in [-0.15, -0.1) is 0 Å². The zero-order valence-electron chi connectivity index (χ0n) is 47.6. The number of carbonyl (C=O) groups excluding carboxylic acids is 4. The van der Waals surface area contributed by atoms with E-state index in [1.165, 1.54) is 54.8 Å². The fraction of sp³-hybridized carbons (Fsp3) is 0.448. The monoisotopic (exact) mass is 1200 g/mol. The van der Waals surface area contributed by atoms with Crippen LogP contribution >= 0.6 is 11.8 Å². The molecule has 2 N–H and O–H groups in total. The normalized spacial score (nSPS) is 19.2. The van der Waals surface area contributed by atoms with E-state index < -0.39 is 65.7 Å². The fourth-order valence-electron chi connectivity index (χ4n) is 11.0. The second-order valence-electron chi connectivity index (χ2n) is 22.1. The molecular formula is C58H72N10O12S3.